The number of carbonyl (C=O) groups excluding carboxylic acids is 1. The minimum atomic E-state index is -3.48. The highest BCUT2D eigenvalue weighted by Gasteiger charge is 2.26. The number of aromatic nitrogens is 1. The second-order valence-electron chi connectivity index (χ2n) is 5.55. The minimum absolute atomic E-state index is 0.0721. The smallest absolute Gasteiger partial charge is 0.243 e. The van der Waals surface area contributed by atoms with E-state index in [-0.39, 0.29) is 10.7 Å². The first kappa shape index (κ1) is 17.2. The molecule has 3 rings (SSSR count). The van der Waals surface area contributed by atoms with Crippen LogP contribution in [0.3, 0.4) is 0 Å². The molecule has 1 aliphatic rings. The standard InChI is InChI=1S/C16H18N2O4S2/c1-12(19)10-16-17-15(11-23-16)13-2-4-14(5-3-13)24(20,21)18-6-8-22-9-7-18/h2-5,11H,6-10H2,1H3. The zero-order valence-corrected chi connectivity index (χ0v) is 14.9. The van der Waals surface area contributed by atoms with Gasteiger partial charge in [-0.05, 0) is 19.1 Å². The lowest BCUT2D eigenvalue weighted by molar-refractivity contribution is -0.116. The van der Waals surface area contributed by atoms with Crippen LogP contribution in [0, 0.1) is 0 Å². The summed E-state index contributed by atoms with van der Waals surface area (Å²) < 4.78 is 31.8. The van der Waals surface area contributed by atoms with E-state index in [4.69, 9.17) is 4.74 Å². The third-order valence-corrected chi connectivity index (χ3v) is 6.47. The number of thiazole rings is 1. The van der Waals surface area contributed by atoms with Crippen molar-refractivity contribution in [3.8, 4) is 11.3 Å². The van der Waals surface area contributed by atoms with Crippen molar-refractivity contribution in [2.24, 2.45) is 0 Å². The van der Waals surface area contributed by atoms with E-state index in [1.54, 1.807) is 24.3 Å². The molecule has 0 amide bonds. The largest absolute Gasteiger partial charge is 0.379 e. The lowest BCUT2D eigenvalue weighted by atomic mass is 10.2. The van der Waals surface area contributed by atoms with Gasteiger partial charge in [-0.1, -0.05) is 12.1 Å². The Kier molecular flexibility index (Phi) is 5.09. The summed E-state index contributed by atoms with van der Waals surface area (Å²) in [7, 11) is -3.48. The van der Waals surface area contributed by atoms with E-state index in [1.165, 1.54) is 22.6 Å². The van der Waals surface area contributed by atoms with Gasteiger partial charge in [0.05, 0.1) is 30.2 Å². The van der Waals surface area contributed by atoms with Crippen LogP contribution in [0.25, 0.3) is 11.3 Å². The molecule has 8 heteroatoms. The van der Waals surface area contributed by atoms with Gasteiger partial charge >= 0.3 is 0 Å². The van der Waals surface area contributed by atoms with Crippen molar-refractivity contribution < 1.29 is 17.9 Å². The Hall–Kier alpha value is -1.61. The summed E-state index contributed by atoms with van der Waals surface area (Å²) in [4.78, 5) is 15.8. The summed E-state index contributed by atoms with van der Waals surface area (Å²) in [5.41, 5.74) is 1.59. The fraction of sp³-hybridized carbons (Fsp3) is 0.375. The van der Waals surface area contributed by atoms with Gasteiger partial charge in [0.15, 0.2) is 0 Å². The summed E-state index contributed by atoms with van der Waals surface area (Å²) in [6.45, 7) is 3.14. The molecular weight excluding hydrogens is 348 g/mol. The minimum Gasteiger partial charge on any atom is -0.379 e. The number of hydrogen-bond acceptors (Lipinski definition) is 6. The normalized spacial score (nSPS) is 16.2. The van der Waals surface area contributed by atoms with Crippen molar-refractivity contribution in [3.05, 3.63) is 34.7 Å². The maximum Gasteiger partial charge on any atom is 0.243 e. The van der Waals surface area contributed by atoms with Crippen LogP contribution < -0.4 is 0 Å². The third kappa shape index (κ3) is 3.72. The molecule has 2 heterocycles. The molecule has 0 aliphatic carbocycles. The fourth-order valence-electron chi connectivity index (χ4n) is 2.47. The number of sulfonamides is 1. The molecule has 128 valence electrons. The summed E-state index contributed by atoms with van der Waals surface area (Å²) in [6, 6.07) is 6.70. The highest BCUT2D eigenvalue weighted by Crippen LogP contribution is 2.25. The van der Waals surface area contributed by atoms with Crippen LogP contribution >= 0.6 is 11.3 Å². The zero-order valence-electron chi connectivity index (χ0n) is 13.3. The molecule has 1 aliphatic heterocycles. The van der Waals surface area contributed by atoms with E-state index in [2.05, 4.69) is 4.98 Å². The summed E-state index contributed by atoms with van der Waals surface area (Å²) in [6.07, 6.45) is 0.328. The van der Waals surface area contributed by atoms with Crippen LogP contribution in [0.4, 0.5) is 0 Å². The van der Waals surface area contributed by atoms with Gasteiger partial charge in [0.2, 0.25) is 10.0 Å². The van der Waals surface area contributed by atoms with Gasteiger partial charge in [-0.25, -0.2) is 13.4 Å². The molecule has 0 saturated carbocycles. The summed E-state index contributed by atoms with van der Waals surface area (Å²) in [5, 5.41) is 2.64. The maximum absolute atomic E-state index is 12.6. The summed E-state index contributed by atoms with van der Waals surface area (Å²) >= 11 is 1.43. The first-order valence-corrected chi connectivity index (χ1v) is 9.91. The Labute approximate surface area is 145 Å². The van der Waals surface area contributed by atoms with Crippen molar-refractivity contribution in [2.45, 2.75) is 18.2 Å². The van der Waals surface area contributed by atoms with E-state index >= 15 is 0 Å². The van der Waals surface area contributed by atoms with Gasteiger partial charge in [0.25, 0.3) is 0 Å². The van der Waals surface area contributed by atoms with Crippen molar-refractivity contribution in [1.29, 1.82) is 0 Å². The number of Topliss-reactive ketones (excluding diaryl/α,β-unsaturated/α-hetero) is 1. The van der Waals surface area contributed by atoms with Crippen LogP contribution in [0.15, 0.2) is 34.5 Å². The SMILES string of the molecule is CC(=O)Cc1nc(-c2ccc(S(=O)(=O)N3CCOCC3)cc2)cs1. The molecule has 1 aromatic heterocycles. The molecule has 0 unspecified atom stereocenters. The average molecular weight is 366 g/mol. The number of ether oxygens (including phenoxy) is 1. The molecule has 0 bridgehead atoms. The highest BCUT2D eigenvalue weighted by molar-refractivity contribution is 7.89. The Morgan fingerprint density at radius 2 is 1.92 bits per heavy atom. The molecule has 2 aromatic rings. The number of benzene rings is 1. The van der Waals surface area contributed by atoms with Gasteiger partial charge in [-0.3, -0.25) is 4.79 Å². The molecule has 0 N–H and O–H groups in total. The molecule has 6 nitrogen and oxygen atoms in total. The predicted molar refractivity (Wildman–Crippen MR) is 91.5 cm³/mol. The number of ketones is 1. The first-order valence-electron chi connectivity index (χ1n) is 7.59. The number of rotatable bonds is 5. The van der Waals surface area contributed by atoms with Crippen LogP contribution in [-0.4, -0.2) is 49.8 Å². The van der Waals surface area contributed by atoms with E-state index in [0.29, 0.717) is 32.7 Å². The quantitative estimate of drug-likeness (QED) is 0.808. The maximum atomic E-state index is 12.6. The third-order valence-electron chi connectivity index (χ3n) is 3.71. The van der Waals surface area contributed by atoms with Crippen LogP contribution in [0.2, 0.25) is 0 Å². The summed E-state index contributed by atoms with van der Waals surface area (Å²) in [5.74, 6) is 0.0721. The van der Waals surface area contributed by atoms with Crippen molar-refractivity contribution in [3.63, 3.8) is 0 Å². The number of hydrogen-bond donors (Lipinski definition) is 0. The molecule has 1 aromatic carbocycles. The Morgan fingerprint density at radius 1 is 1.25 bits per heavy atom. The van der Waals surface area contributed by atoms with Crippen LogP contribution in [0.1, 0.15) is 11.9 Å². The van der Waals surface area contributed by atoms with Gasteiger partial charge in [0, 0.05) is 24.0 Å². The molecule has 1 saturated heterocycles. The van der Waals surface area contributed by atoms with Crippen LogP contribution in [-0.2, 0) is 26.0 Å². The van der Waals surface area contributed by atoms with E-state index in [0.717, 1.165) is 16.3 Å². The lowest BCUT2D eigenvalue weighted by Crippen LogP contribution is -2.40. The van der Waals surface area contributed by atoms with Crippen LogP contribution in [0.5, 0.6) is 0 Å². The van der Waals surface area contributed by atoms with E-state index in [1.807, 2.05) is 5.38 Å². The first-order chi connectivity index (χ1) is 11.5. The molecule has 24 heavy (non-hydrogen) atoms. The number of morpholine rings is 1. The lowest BCUT2D eigenvalue weighted by Gasteiger charge is -2.26. The van der Waals surface area contributed by atoms with Gasteiger partial charge in [0.1, 0.15) is 10.8 Å². The molecular formula is C16H18N2O4S2. The molecule has 0 spiro atoms. The Balaban J connectivity index is 1.80. The second kappa shape index (κ2) is 7.10. The monoisotopic (exact) mass is 366 g/mol. The zero-order chi connectivity index (χ0) is 17.2. The highest BCUT2D eigenvalue weighted by atomic mass is 32.2. The van der Waals surface area contributed by atoms with Gasteiger partial charge in [-0.15, -0.1) is 11.3 Å². The van der Waals surface area contributed by atoms with Crippen molar-refractivity contribution in [2.75, 3.05) is 26.3 Å². The van der Waals surface area contributed by atoms with Crippen molar-refractivity contribution in [1.82, 2.24) is 9.29 Å². The Morgan fingerprint density at radius 3 is 2.54 bits per heavy atom. The second-order valence-corrected chi connectivity index (χ2v) is 8.43. The van der Waals surface area contributed by atoms with Gasteiger partial charge in [-0.2, -0.15) is 4.31 Å². The fourth-order valence-corrected chi connectivity index (χ4v) is 4.75. The molecule has 0 atom stereocenters. The number of carbonyl (C=O) groups is 1. The topological polar surface area (TPSA) is 76.6 Å². The average Bonchev–Trinajstić information content (AvgIpc) is 3.03. The number of nitrogens with zero attached hydrogens (tertiary/aromatic N) is 2. The van der Waals surface area contributed by atoms with Gasteiger partial charge < -0.3 is 4.74 Å². The molecule has 1 fully saturated rings. The van der Waals surface area contributed by atoms with E-state index in [9.17, 15) is 13.2 Å². The van der Waals surface area contributed by atoms with Crippen molar-refractivity contribution >= 4 is 27.1 Å². The predicted octanol–water partition coefficient (Wildman–Crippen LogP) is 1.96. The molecule has 0 radical (unpaired) electrons. The Bertz CT molecular complexity index is 822. The van der Waals surface area contributed by atoms with E-state index < -0.39 is 10.0 Å².